The lowest BCUT2D eigenvalue weighted by Gasteiger charge is -2.24. The van der Waals surface area contributed by atoms with Gasteiger partial charge in [0.05, 0.1) is 11.0 Å². The van der Waals surface area contributed by atoms with E-state index in [0.717, 1.165) is 68.5 Å². The number of aromatic nitrogens is 1. The van der Waals surface area contributed by atoms with Crippen LogP contribution in [0.5, 0.6) is 0 Å². The number of benzene rings is 5. The zero-order valence-corrected chi connectivity index (χ0v) is 38.6. The summed E-state index contributed by atoms with van der Waals surface area (Å²) in [7, 11) is 0. The monoisotopic (exact) mass is 818 g/mol. The Bertz CT molecular complexity index is 2570. The highest BCUT2D eigenvalue weighted by atomic mass is 15.0. The Kier molecular flexibility index (Phi) is 16.2. The summed E-state index contributed by atoms with van der Waals surface area (Å²) in [4.78, 5) is 0. The molecule has 1 aromatic heterocycles. The summed E-state index contributed by atoms with van der Waals surface area (Å²) in [5.74, 6) is 0. The van der Waals surface area contributed by atoms with Gasteiger partial charge in [-0.1, -0.05) is 214 Å². The van der Waals surface area contributed by atoms with E-state index in [-0.39, 0.29) is 0 Å². The van der Waals surface area contributed by atoms with Gasteiger partial charge < -0.3 is 4.57 Å². The van der Waals surface area contributed by atoms with Gasteiger partial charge >= 0.3 is 0 Å². The van der Waals surface area contributed by atoms with Gasteiger partial charge in [-0.15, -0.1) is 0 Å². The Hall–Kier alpha value is -5.66. The van der Waals surface area contributed by atoms with Crippen molar-refractivity contribution in [3.05, 3.63) is 158 Å². The zero-order chi connectivity index (χ0) is 44.2. The first-order valence-corrected chi connectivity index (χ1v) is 23.5. The molecule has 62 heavy (non-hydrogen) atoms. The molecule has 0 aliphatic carbocycles. The fraction of sp³-hybridized carbons (Fsp3) is 0.311. The zero-order valence-electron chi connectivity index (χ0n) is 38.6. The molecule has 1 heteroatoms. The number of hydrogen-bond acceptors (Lipinski definition) is 0. The Balaban J connectivity index is 1.66. The molecule has 1 nitrogen and oxygen atoms in total. The molecule has 6 rings (SSSR count). The topological polar surface area (TPSA) is 4.93 Å². The van der Waals surface area contributed by atoms with E-state index in [1.54, 1.807) is 0 Å². The number of hydrogen-bond donors (Lipinski definition) is 0. The van der Waals surface area contributed by atoms with Crippen LogP contribution in [0.25, 0.3) is 90.6 Å². The lowest BCUT2D eigenvalue weighted by molar-refractivity contribution is 0.410. The molecule has 0 saturated carbocycles. The minimum Gasteiger partial charge on any atom is -0.337 e. The molecule has 6 aromatic rings. The molecule has 0 fully saturated rings. The molecule has 0 unspecified atom stereocenters. The van der Waals surface area contributed by atoms with Crippen molar-refractivity contribution >= 4 is 57.3 Å². The predicted molar refractivity (Wildman–Crippen MR) is 281 cm³/mol. The van der Waals surface area contributed by atoms with Crippen LogP contribution < -0.4 is 0 Å². The van der Waals surface area contributed by atoms with Crippen molar-refractivity contribution < 1.29 is 0 Å². The van der Waals surface area contributed by atoms with Crippen molar-refractivity contribution in [1.82, 2.24) is 4.57 Å². The largest absolute Gasteiger partial charge is 0.337 e. The molecule has 0 N–H and O–H groups in total. The molecule has 320 valence electrons. The van der Waals surface area contributed by atoms with Gasteiger partial charge in [0.15, 0.2) is 0 Å². The molecule has 0 saturated heterocycles. The molecule has 0 aliphatic rings. The van der Waals surface area contributed by atoms with E-state index in [1.807, 2.05) is 24.3 Å². The molecule has 0 amide bonds. The molecular formula is C61H71N. The van der Waals surface area contributed by atoms with E-state index in [0.29, 0.717) is 6.04 Å². The van der Waals surface area contributed by atoms with Gasteiger partial charge in [0.1, 0.15) is 0 Å². The molecule has 0 spiro atoms. The van der Waals surface area contributed by atoms with Crippen molar-refractivity contribution in [2.24, 2.45) is 0 Å². The smallest absolute Gasteiger partial charge is 0.0500 e. The summed E-state index contributed by atoms with van der Waals surface area (Å²) in [6, 6.07) is 31.9. The molecular weight excluding hydrogens is 747 g/mol. The fourth-order valence-electron chi connectivity index (χ4n) is 9.68. The summed E-state index contributed by atoms with van der Waals surface area (Å²) in [5, 5.41) is 2.54. The maximum absolute atomic E-state index is 4.60. The average molecular weight is 818 g/mol. The van der Waals surface area contributed by atoms with Crippen LogP contribution in [0.4, 0.5) is 0 Å². The molecule has 1 heterocycles. The lowest BCUT2D eigenvalue weighted by Crippen LogP contribution is -2.10. The Morgan fingerprint density at radius 1 is 0.452 bits per heavy atom. The fourth-order valence-corrected chi connectivity index (χ4v) is 9.68. The maximum atomic E-state index is 4.60. The van der Waals surface area contributed by atoms with Crippen molar-refractivity contribution in [1.29, 1.82) is 0 Å². The van der Waals surface area contributed by atoms with Gasteiger partial charge in [-0.25, -0.2) is 0 Å². The highest BCUT2D eigenvalue weighted by Crippen LogP contribution is 2.46. The number of rotatable bonds is 24. The van der Waals surface area contributed by atoms with Crippen LogP contribution in [0, 0.1) is 0 Å². The van der Waals surface area contributed by atoms with E-state index in [9.17, 15) is 0 Å². The molecule has 0 radical (unpaired) electrons. The highest BCUT2D eigenvalue weighted by Gasteiger charge is 2.24. The normalized spacial score (nSPS) is 11.4. The third kappa shape index (κ3) is 10.0. The second-order valence-electron chi connectivity index (χ2n) is 17.5. The Labute approximate surface area is 375 Å². The minimum atomic E-state index is 0.356. The van der Waals surface area contributed by atoms with E-state index >= 15 is 0 Å². The van der Waals surface area contributed by atoms with E-state index < -0.39 is 0 Å². The van der Waals surface area contributed by atoms with Crippen LogP contribution in [0.2, 0.25) is 0 Å². The Morgan fingerprint density at radius 3 is 1.24 bits per heavy atom. The maximum Gasteiger partial charge on any atom is 0.0500 e. The van der Waals surface area contributed by atoms with Gasteiger partial charge in [-0.2, -0.15) is 0 Å². The molecule has 0 bridgehead atoms. The first-order chi connectivity index (χ1) is 30.2. The third-order valence-corrected chi connectivity index (χ3v) is 13.0. The van der Waals surface area contributed by atoms with Gasteiger partial charge in [0.2, 0.25) is 0 Å². The summed E-state index contributed by atoms with van der Waals surface area (Å²) in [6.07, 6.45) is 25.7. The third-order valence-electron chi connectivity index (χ3n) is 13.0. The van der Waals surface area contributed by atoms with E-state index in [4.69, 9.17) is 0 Å². The standard InChI is InChI=1S/C61H71N/c1-11-17-19-21-23-25-33-49(34-26-24-22-20-18-12-2)62-60-41-56(51-36-30-28-32-46(51)14-4)52(43(7)8)39-58(60)59-40-53(44(9)10)57(42-61(59)62)55-38-47(15-5)54(37-48(55)16-6)50-35-29-27-31-45(50)13-3/h13-16,27-32,35-42,49H,3-7,9,11-12,17-26,33-34H2,1-2,8,10H3. The van der Waals surface area contributed by atoms with Crippen LogP contribution in [0.3, 0.4) is 0 Å². The summed E-state index contributed by atoms with van der Waals surface area (Å²) < 4.78 is 2.76. The quantitative estimate of drug-likeness (QED) is 0.0536. The first-order valence-electron chi connectivity index (χ1n) is 23.5. The highest BCUT2D eigenvalue weighted by molar-refractivity contribution is 6.13. The summed E-state index contributed by atoms with van der Waals surface area (Å²) in [5.41, 5.74) is 18.3. The number of nitrogens with zero attached hydrogens (tertiary/aromatic N) is 1. The van der Waals surface area contributed by atoms with Crippen molar-refractivity contribution in [2.75, 3.05) is 0 Å². The van der Waals surface area contributed by atoms with Gasteiger partial charge in [-0.05, 0) is 130 Å². The minimum absolute atomic E-state index is 0.356. The second-order valence-corrected chi connectivity index (χ2v) is 17.5. The summed E-state index contributed by atoms with van der Waals surface area (Å²) >= 11 is 0. The van der Waals surface area contributed by atoms with Gasteiger partial charge in [-0.3, -0.25) is 0 Å². The lowest BCUT2D eigenvalue weighted by atomic mass is 9.86. The Morgan fingerprint density at radius 2 is 0.823 bits per heavy atom. The molecule has 0 atom stereocenters. The van der Waals surface area contributed by atoms with Crippen LogP contribution in [-0.2, 0) is 0 Å². The van der Waals surface area contributed by atoms with Crippen molar-refractivity contribution in [3.8, 4) is 33.4 Å². The predicted octanol–water partition coefficient (Wildman–Crippen LogP) is 19.5. The van der Waals surface area contributed by atoms with Crippen molar-refractivity contribution in [2.45, 2.75) is 124 Å². The molecule has 0 aliphatic heterocycles. The van der Waals surface area contributed by atoms with Crippen molar-refractivity contribution in [3.63, 3.8) is 0 Å². The van der Waals surface area contributed by atoms with Crippen LogP contribution >= 0.6 is 0 Å². The first kappa shape index (κ1) is 45.9. The van der Waals surface area contributed by atoms with Crippen LogP contribution in [0.15, 0.2) is 124 Å². The van der Waals surface area contributed by atoms with Gasteiger partial charge in [0.25, 0.3) is 0 Å². The van der Waals surface area contributed by atoms with E-state index in [1.165, 1.54) is 121 Å². The van der Waals surface area contributed by atoms with Gasteiger partial charge in [0, 0.05) is 16.8 Å². The SMILES string of the molecule is C=Cc1ccccc1-c1cc(C=C)c(-c2cc3c(cc2C(=C)C)c2cc(C(=C)C)c(-c4ccccc4C=C)cc2n3C(CCCCCCCC)CCCCCCCC)cc1C=C. The second kappa shape index (κ2) is 21.9. The summed E-state index contributed by atoms with van der Waals surface area (Å²) in [6.45, 7) is 35.1. The molecule has 5 aromatic carbocycles. The average Bonchev–Trinajstić information content (AvgIpc) is 3.61. The number of fused-ring (bicyclic) bond motifs is 3. The van der Waals surface area contributed by atoms with Crippen LogP contribution in [-0.4, -0.2) is 4.57 Å². The van der Waals surface area contributed by atoms with E-state index in [2.05, 4.69) is 157 Å². The van der Waals surface area contributed by atoms with Crippen LogP contribution in [0.1, 0.15) is 157 Å². The number of unbranched alkanes of at least 4 members (excludes halogenated alkanes) is 10. The number of allylic oxidation sites excluding steroid dienone is 2.